The zero-order chi connectivity index (χ0) is 15.6. The minimum absolute atomic E-state index is 0.0809. The van der Waals surface area contributed by atoms with Gasteiger partial charge < -0.3 is 10.5 Å². The maximum atomic E-state index is 13.8. The van der Waals surface area contributed by atoms with Crippen LogP contribution in [0.3, 0.4) is 0 Å². The Morgan fingerprint density at radius 2 is 1.81 bits per heavy atom. The minimum atomic E-state index is -0.425. The number of hydrogen-bond acceptors (Lipinski definition) is 3. The van der Waals surface area contributed by atoms with Gasteiger partial charge in [-0.2, -0.15) is 0 Å². The van der Waals surface area contributed by atoms with Gasteiger partial charge in [0.15, 0.2) is 11.6 Å². The first-order chi connectivity index (χ1) is 9.86. The summed E-state index contributed by atoms with van der Waals surface area (Å²) < 4.78 is 19.3. The van der Waals surface area contributed by atoms with Crippen molar-refractivity contribution < 1.29 is 9.13 Å². The Kier molecular flexibility index (Phi) is 4.78. The summed E-state index contributed by atoms with van der Waals surface area (Å²) in [6.07, 6.45) is -0.0809. The van der Waals surface area contributed by atoms with Crippen LogP contribution >= 0.6 is 11.8 Å². The van der Waals surface area contributed by atoms with Crippen LogP contribution in [0, 0.1) is 19.7 Å². The molecule has 4 heteroatoms. The van der Waals surface area contributed by atoms with Crippen molar-refractivity contribution in [3.63, 3.8) is 0 Å². The lowest BCUT2D eigenvalue weighted by molar-refractivity contribution is 0.230. The first kappa shape index (κ1) is 15.7. The van der Waals surface area contributed by atoms with Gasteiger partial charge >= 0.3 is 0 Å². The smallest absolute Gasteiger partial charge is 0.167 e. The fourth-order valence-electron chi connectivity index (χ4n) is 1.89. The van der Waals surface area contributed by atoms with Crippen LogP contribution in [0.25, 0.3) is 0 Å². The highest BCUT2D eigenvalue weighted by molar-refractivity contribution is 7.99. The number of aryl methyl sites for hydroxylation is 2. The normalized spacial score (nSPS) is 11.0. The molecule has 112 valence electrons. The molecule has 21 heavy (non-hydrogen) atoms. The van der Waals surface area contributed by atoms with Gasteiger partial charge in [-0.1, -0.05) is 17.8 Å². The van der Waals surface area contributed by atoms with E-state index < -0.39 is 5.82 Å². The van der Waals surface area contributed by atoms with Gasteiger partial charge in [0.05, 0.1) is 6.10 Å². The van der Waals surface area contributed by atoms with Crippen LogP contribution in [0.2, 0.25) is 0 Å². The van der Waals surface area contributed by atoms with E-state index in [9.17, 15) is 4.39 Å². The van der Waals surface area contributed by atoms with E-state index in [4.69, 9.17) is 10.5 Å². The van der Waals surface area contributed by atoms with Crippen LogP contribution in [0.5, 0.6) is 5.75 Å². The first-order valence-corrected chi connectivity index (χ1v) is 7.69. The molecular formula is C17H20FNOS. The molecule has 0 saturated carbocycles. The lowest BCUT2D eigenvalue weighted by Crippen LogP contribution is -2.07. The molecule has 0 bridgehead atoms. The van der Waals surface area contributed by atoms with Gasteiger partial charge in [-0.3, -0.25) is 0 Å². The van der Waals surface area contributed by atoms with Crippen molar-refractivity contribution in [3.8, 4) is 5.75 Å². The molecule has 2 nitrogen and oxygen atoms in total. The van der Waals surface area contributed by atoms with Crippen LogP contribution in [-0.2, 0) is 0 Å². The maximum absolute atomic E-state index is 13.8. The molecule has 0 aliphatic carbocycles. The monoisotopic (exact) mass is 305 g/mol. The van der Waals surface area contributed by atoms with Gasteiger partial charge in [0.25, 0.3) is 0 Å². The molecule has 0 radical (unpaired) electrons. The number of ether oxygens (including phenoxy) is 1. The number of nitrogens with two attached hydrogens (primary N) is 1. The second kappa shape index (κ2) is 6.39. The second-order valence-electron chi connectivity index (χ2n) is 5.34. The van der Waals surface area contributed by atoms with Crippen molar-refractivity contribution in [2.24, 2.45) is 0 Å². The van der Waals surface area contributed by atoms with Crippen molar-refractivity contribution >= 4 is 17.4 Å². The van der Waals surface area contributed by atoms with Crippen LogP contribution in [0.1, 0.15) is 25.0 Å². The summed E-state index contributed by atoms with van der Waals surface area (Å²) in [6, 6.07) is 9.21. The molecule has 0 aromatic heterocycles. The number of hydrogen-bond donors (Lipinski definition) is 1. The van der Waals surface area contributed by atoms with Crippen molar-refractivity contribution in [2.45, 2.75) is 43.6 Å². The van der Waals surface area contributed by atoms with E-state index in [2.05, 4.69) is 26.0 Å². The third kappa shape index (κ3) is 3.91. The molecule has 0 spiro atoms. The predicted octanol–water partition coefficient (Wildman–Crippen LogP) is 4.96. The SMILES string of the molecule is Cc1ccc(Sc2cc(OC(C)C)c(F)cc2N)cc1C. The van der Waals surface area contributed by atoms with E-state index in [0.717, 1.165) is 9.79 Å². The Labute approximate surface area is 129 Å². The Morgan fingerprint density at radius 1 is 1.10 bits per heavy atom. The Morgan fingerprint density at radius 3 is 2.43 bits per heavy atom. The predicted molar refractivity (Wildman–Crippen MR) is 86.6 cm³/mol. The largest absolute Gasteiger partial charge is 0.488 e. The van der Waals surface area contributed by atoms with Gasteiger partial charge in [0.1, 0.15) is 0 Å². The molecule has 0 aliphatic rings. The van der Waals surface area contributed by atoms with E-state index in [0.29, 0.717) is 5.69 Å². The van der Waals surface area contributed by atoms with Gasteiger partial charge in [-0.25, -0.2) is 4.39 Å². The summed E-state index contributed by atoms with van der Waals surface area (Å²) in [5.74, 6) is -0.184. The first-order valence-electron chi connectivity index (χ1n) is 6.87. The standard InChI is InChI=1S/C17H20FNOS/c1-10(2)20-16-9-17(15(19)8-14(16)18)21-13-6-5-11(3)12(4)7-13/h5-10H,19H2,1-4H3. The van der Waals surface area contributed by atoms with Gasteiger partial charge in [0.2, 0.25) is 0 Å². The topological polar surface area (TPSA) is 35.2 Å². The lowest BCUT2D eigenvalue weighted by Gasteiger charge is -2.14. The molecule has 0 heterocycles. The third-order valence-corrected chi connectivity index (χ3v) is 4.20. The van der Waals surface area contributed by atoms with Crippen molar-refractivity contribution in [3.05, 3.63) is 47.3 Å². The zero-order valence-electron chi connectivity index (χ0n) is 12.7. The Hall–Kier alpha value is -1.68. The molecule has 0 saturated heterocycles. The number of benzene rings is 2. The van der Waals surface area contributed by atoms with E-state index >= 15 is 0 Å². The highest BCUT2D eigenvalue weighted by Gasteiger charge is 2.12. The van der Waals surface area contributed by atoms with E-state index in [1.54, 1.807) is 6.07 Å². The maximum Gasteiger partial charge on any atom is 0.167 e. The van der Waals surface area contributed by atoms with E-state index in [1.807, 2.05) is 19.9 Å². The molecular weight excluding hydrogens is 285 g/mol. The number of anilines is 1. The fourth-order valence-corrected chi connectivity index (χ4v) is 2.86. The van der Waals surface area contributed by atoms with Crippen LogP contribution < -0.4 is 10.5 Å². The molecule has 2 N–H and O–H groups in total. The third-order valence-electron chi connectivity index (χ3n) is 3.13. The molecule has 2 aromatic rings. The molecule has 2 rings (SSSR count). The molecule has 0 amide bonds. The van der Waals surface area contributed by atoms with E-state index in [1.165, 1.54) is 29.0 Å². The van der Waals surface area contributed by atoms with E-state index in [-0.39, 0.29) is 11.9 Å². The summed E-state index contributed by atoms with van der Waals surface area (Å²) in [5.41, 5.74) is 8.81. The average molecular weight is 305 g/mol. The summed E-state index contributed by atoms with van der Waals surface area (Å²) in [5, 5.41) is 0. The van der Waals surface area contributed by atoms with Gasteiger partial charge in [-0.15, -0.1) is 0 Å². The molecule has 0 aliphatic heterocycles. The minimum Gasteiger partial charge on any atom is -0.488 e. The molecule has 2 aromatic carbocycles. The van der Waals surface area contributed by atoms with Crippen LogP contribution in [-0.4, -0.2) is 6.10 Å². The quantitative estimate of drug-likeness (QED) is 0.811. The summed E-state index contributed by atoms with van der Waals surface area (Å²) in [4.78, 5) is 1.88. The molecule has 0 unspecified atom stereocenters. The summed E-state index contributed by atoms with van der Waals surface area (Å²) >= 11 is 1.52. The number of nitrogen functional groups attached to an aromatic ring is 1. The van der Waals surface area contributed by atoms with Crippen molar-refractivity contribution in [2.75, 3.05) is 5.73 Å². The Balaban J connectivity index is 2.32. The van der Waals surface area contributed by atoms with Crippen molar-refractivity contribution in [1.82, 2.24) is 0 Å². The lowest BCUT2D eigenvalue weighted by atomic mass is 10.1. The molecule has 0 fully saturated rings. The highest BCUT2D eigenvalue weighted by atomic mass is 32.2. The Bertz CT molecular complexity index is 655. The van der Waals surface area contributed by atoms with Gasteiger partial charge in [-0.05, 0) is 57.0 Å². The number of halogens is 1. The van der Waals surface area contributed by atoms with Gasteiger partial charge in [0, 0.05) is 21.5 Å². The van der Waals surface area contributed by atoms with Crippen molar-refractivity contribution in [1.29, 1.82) is 0 Å². The highest BCUT2D eigenvalue weighted by Crippen LogP contribution is 2.37. The summed E-state index contributed by atoms with van der Waals surface area (Å²) in [7, 11) is 0. The zero-order valence-corrected chi connectivity index (χ0v) is 13.6. The summed E-state index contributed by atoms with van der Waals surface area (Å²) in [6.45, 7) is 7.88. The van der Waals surface area contributed by atoms with Crippen LogP contribution in [0.4, 0.5) is 10.1 Å². The molecule has 0 atom stereocenters. The average Bonchev–Trinajstić information content (AvgIpc) is 2.39. The second-order valence-corrected chi connectivity index (χ2v) is 6.45. The van der Waals surface area contributed by atoms with Crippen LogP contribution in [0.15, 0.2) is 40.1 Å². The fraction of sp³-hybridized carbons (Fsp3) is 0.294. The number of rotatable bonds is 4.